The van der Waals surface area contributed by atoms with Gasteiger partial charge in [-0.2, -0.15) is 4.31 Å². The van der Waals surface area contributed by atoms with E-state index < -0.39 is 10.0 Å². The van der Waals surface area contributed by atoms with Gasteiger partial charge in [0.25, 0.3) is 5.91 Å². The Morgan fingerprint density at radius 1 is 1.04 bits per heavy atom. The van der Waals surface area contributed by atoms with Gasteiger partial charge < -0.3 is 4.90 Å². The van der Waals surface area contributed by atoms with Crippen LogP contribution in [0.4, 0.5) is 0 Å². The maximum atomic E-state index is 13.0. The number of hydrogen-bond acceptors (Lipinski definition) is 3. The van der Waals surface area contributed by atoms with Crippen LogP contribution in [0.15, 0.2) is 29.2 Å². The third-order valence-corrected chi connectivity index (χ3v) is 7.51. The zero-order valence-electron chi connectivity index (χ0n) is 15.9. The molecule has 5 nitrogen and oxygen atoms in total. The van der Waals surface area contributed by atoms with Crippen molar-refractivity contribution in [3.63, 3.8) is 0 Å². The van der Waals surface area contributed by atoms with Gasteiger partial charge in [-0.15, -0.1) is 0 Å². The summed E-state index contributed by atoms with van der Waals surface area (Å²) in [5.74, 6) is 0.361. The van der Waals surface area contributed by atoms with Crippen molar-refractivity contribution >= 4 is 15.9 Å². The summed E-state index contributed by atoms with van der Waals surface area (Å²) < 4.78 is 27.6. The van der Waals surface area contributed by atoms with Crippen molar-refractivity contribution < 1.29 is 13.2 Å². The Bertz CT molecular complexity index is 737. The van der Waals surface area contributed by atoms with Crippen LogP contribution in [0.3, 0.4) is 0 Å². The predicted molar refractivity (Wildman–Crippen MR) is 103 cm³/mol. The van der Waals surface area contributed by atoms with Crippen LogP contribution in [0.25, 0.3) is 0 Å². The molecule has 2 saturated heterocycles. The van der Waals surface area contributed by atoms with Gasteiger partial charge in [0, 0.05) is 31.2 Å². The van der Waals surface area contributed by atoms with E-state index in [4.69, 9.17) is 0 Å². The van der Waals surface area contributed by atoms with Gasteiger partial charge in [-0.3, -0.25) is 4.79 Å². The van der Waals surface area contributed by atoms with Crippen LogP contribution in [0, 0.1) is 5.92 Å². The fourth-order valence-electron chi connectivity index (χ4n) is 4.12. The summed E-state index contributed by atoms with van der Waals surface area (Å²) in [7, 11) is -3.53. The minimum absolute atomic E-state index is 0.0471. The van der Waals surface area contributed by atoms with Crippen LogP contribution in [-0.4, -0.2) is 49.2 Å². The lowest BCUT2D eigenvalue weighted by Crippen LogP contribution is -2.38. The fourth-order valence-corrected chi connectivity index (χ4v) is 5.69. The second-order valence-electron chi connectivity index (χ2n) is 7.80. The van der Waals surface area contributed by atoms with Crippen LogP contribution in [0.5, 0.6) is 0 Å². The molecule has 0 spiro atoms. The Hall–Kier alpha value is -1.40. The smallest absolute Gasteiger partial charge is 0.254 e. The molecule has 0 aliphatic carbocycles. The van der Waals surface area contributed by atoms with Crippen molar-refractivity contribution in [3.8, 4) is 0 Å². The molecule has 144 valence electrons. The van der Waals surface area contributed by atoms with E-state index in [0.29, 0.717) is 24.6 Å². The Balaban J connectivity index is 1.84. The van der Waals surface area contributed by atoms with Crippen molar-refractivity contribution in [2.45, 2.75) is 63.3 Å². The second-order valence-corrected chi connectivity index (χ2v) is 9.74. The first-order valence-electron chi connectivity index (χ1n) is 9.82. The first-order chi connectivity index (χ1) is 12.4. The molecule has 2 fully saturated rings. The van der Waals surface area contributed by atoms with Gasteiger partial charge in [0.05, 0.1) is 4.90 Å². The first kappa shape index (κ1) is 19.4. The summed E-state index contributed by atoms with van der Waals surface area (Å²) in [5.41, 5.74) is 0.480. The van der Waals surface area contributed by atoms with Crippen molar-refractivity contribution in [3.05, 3.63) is 29.8 Å². The summed E-state index contributed by atoms with van der Waals surface area (Å²) >= 11 is 0. The Morgan fingerprint density at radius 3 is 2.38 bits per heavy atom. The van der Waals surface area contributed by atoms with Gasteiger partial charge in [-0.1, -0.05) is 32.8 Å². The molecule has 6 heteroatoms. The van der Waals surface area contributed by atoms with E-state index in [-0.39, 0.29) is 16.8 Å². The number of sulfonamides is 1. The molecule has 0 saturated carbocycles. The largest absolute Gasteiger partial charge is 0.335 e. The fraction of sp³-hybridized carbons (Fsp3) is 0.650. The van der Waals surface area contributed by atoms with Crippen molar-refractivity contribution in [2.24, 2.45) is 5.92 Å². The number of benzene rings is 1. The molecule has 26 heavy (non-hydrogen) atoms. The standard InChI is InChI=1S/C20H30N2O3S/c1-16(2)19-11-8-14-22(19)20(23)17-9-7-10-18(15-17)26(24,25)21-12-5-3-4-6-13-21/h7,9-10,15-16,19H,3-6,8,11-14H2,1-2H3. The van der Waals surface area contributed by atoms with Gasteiger partial charge in [-0.05, 0) is 49.8 Å². The molecular formula is C20H30N2O3S. The van der Waals surface area contributed by atoms with Gasteiger partial charge in [0.2, 0.25) is 10.0 Å². The van der Waals surface area contributed by atoms with Crippen LogP contribution in [-0.2, 0) is 10.0 Å². The number of amides is 1. The van der Waals surface area contributed by atoms with E-state index >= 15 is 0 Å². The Kier molecular flexibility index (Phi) is 6.03. The van der Waals surface area contributed by atoms with E-state index in [2.05, 4.69) is 13.8 Å². The highest BCUT2D eigenvalue weighted by molar-refractivity contribution is 7.89. The lowest BCUT2D eigenvalue weighted by molar-refractivity contribution is 0.0701. The van der Waals surface area contributed by atoms with Gasteiger partial charge in [0.1, 0.15) is 0 Å². The molecule has 2 aliphatic rings. The highest BCUT2D eigenvalue weighted by Gasteiger charge is 2.32. The molecule has 2 aliphatic heterocycles. The summed E-state index contributed by atoms with van der Waals surface area (Å²) in [4.78, 5) is 15.1. The molecule has 0 bridgehead atoms. The number of rotatable bonds is 4. The van der Waals surface area contributed by atoms with Crippen LogP contribution >= 0.6 is 0 Å². The third-order valence-electron chi connectivity index (χ3n) is 5.61. The van der Waals surface area contributed by atoms with Crippen molar-refractivity contribution in [2.75, 3.05) is 19.6 Å². The topological polar surface area (TPSA) is 57.7 Å². The lowest BCUT2D eigenvalue weighted by atomic mass is 10.0. The van der Waals surface area contributed by atoms with Gasteiger partial charge in [-0.25, -0.2) is 8.42 Å². The molecule has 0 N–H and O–H groups in total. The maximum absolute atomic E-state index is 13.0. The monoisotopic (exact) mass is 378 g/mol. The van der Waals surface area contributed by atoms with E-state index in [1.54, 1.807) is 28.6 Å². The van der Waals surface area contributed by atoms with Gasteiger partial charge in [0.15, 0.2) is 0 Å². The predicted octanol–water partition coefficient (Wildman–Crippen LogP) is 3.51. The molecule has 1 unspecified atom stereocenters. The lowest BCUT2D eigenvalue weighted by Gasteiger charge is -2.28. The summed E-state index contributed by atoms with van der Waals surface area (Å²) in [6.07, 6.45) is 6.01. The van der Waals surface area contributed by atoms with Gasteiger partial charge >= 0.3 is 0 Å². The zero-order valence-corrected chi connectivity index (χ0v) is 16.7. The normalized spacial score (nSPS) is 22.6. The van der Waals surface area contributed by atoms with E-state index in [9.17, 15) is 13.2 Å². The van der Waals surface area contributed by atoms with E-state index in [1.807, 2.05) is 4.90 Å². The molecule has 1 aromatic carbocycles. The first-order valence-corrected chi connectivity index (χ1v) is 11.3. The quantitative estimate of drug-likeness (QED) is 0.805. The average molecular weight is 379 g/mol. The number of carbonyl (C=O) groups excluding carboxylic acids is 1. The minimum Gasteiger partial charge on any atom is -0.335 e. The molecule has 0 radical (unpaired) electrons. The highest BCUT2D eigenvalue weighted by Crippen LogP contribution is 2.27. The number of hydrogen-bond donors (Lipinski definition) is 0. The van der Waals surface area contributed by atoms with Crippen molar-refractivity contribution in [1.82, 2.24) is 9.21 Å². The molecule has 2 heterocycles. The molecular weight excluding hydrogens is 348 g/mol. The number of likely N-dealkylation sites (tertiary alicyclic amines) is 1. The molecule has 1 aromatic rings. The van der Waals surface area contributed by atoms with Crippen molar-refractivity contribution in [1.29, 1.82) is 0 Å². The van der Waals surface area contributed by atoms with E-state index in [0.717, 1.165) is 45.1 Å². The van der Waals surface area contributed by atoms with E-state index in [1.165, 1.54) is 0 Å². The summed E-state index contributed by atoms with van der Waals surface area (Å²) in [6.45, 7) is 6.17. The highest BCUT2D eigenvalue weighted by atomic mass is 32.2. The third kappa shape index (κ3) is 3.96. The minimum atomic E-state index is -3.53. The molecule has 3 rings (SSSR count). The molecule has 1 atom stereocenters. The van der Waals surface area contributed by atoms with Crippen LogP contribution in [0.2, 0.25) is 0 Å². The average Bonchev–Trinajstić information content (AvgIpc) is 2.96. The maximum Gasteiger partial charge on any atom is 0.254 e. The number of carbonyl (C=O) groups is 1. The molecule has 1 amide bonds. The van der Waals surface area contributed by atoms with Crippen LogP contribution in [0.1, 0.15) is 62.7 Å². The SMILES string of the molecule is CC(C)C1CCCN1C(=O)c1cccc(S(=O)(=O)N2CCCCCC2)c1. The zero-order chi connectivity index (χ0) is 18.7. The second kappa shape index (κ2) is 8.09. The summed E-state index contributed by atoms with van der Waals surface area (Å²) in [6, 6.07) is 6.85. The Morgan fingerprint density at radius 2 is 1.73 bits per heavy atom. The van der Waals surface area contributed by atoms with Crippen LogP contribution < -0.4 is 0 Å². The Labute approximate surface area is 157 Å². The number of nitrogens with zero attached hydrogens (tertiary/aromatic N) is 2. The molecule has 0 aromatic heterocycles. The summed E-state index contributed by atoms with van der Waals surface area (Å²) in [5, 5.41) is 0.